The van der Waals surface area contributed by atoms with E-state index in [0.717, 1.165) is 0 Å². The second kappa shape index (κ2) is 6.55. The molecule has 0 saturated heterocycles. The minimum atomic E-state index is -3.18. The molecule has 0 fully saturated rings. The van der Waals surface area contributed by atoms with Crippen LogP contribution < -0.4 is 4.89 Å². The van der Waals surface area contributed by atoms with Crippen molar-refractivity contribution in [3.63, 3.8) is 0 Å². The Morgan fingerprint density at radius 1 is 1.31 bits per heavy atom. The summed E-state index contributed by atoms with van der Waals surface area (Å²) in [5.41, 5.74) is 0. The minimum Gasteiger partial charge on any atom is -0.799 e. The third-order valence-electron chi connectivity index (χ3n) is 1.48. The van der Waals surface area contributed by atoms with Crippen LogP contribution in [-0.4, -0.2) is 32.3 Å². The van der Waals surface area contributed by atoms with Crippen molar-refractivity contribution >= 4 is 7.37 Å². The van der Waals surface area contributed by atoms with Gasteiger partial charge in [-0.1, -0.05) is 0 Å². The number of ether oxygens (including phenoxy) is 2. The lowest BCUT2D eigenvalue weighted by molar-refractivity contribution is -0.176. The van der Waals surface area contributed by atoms with E-state index in [1.54, 1.807) is 0 Å². The molecule has 0 aliphatic heterocycles. The Labute approximate surface area is 79.7 Å². The topological polar surface area (TPSA) is 58.6 Å². The molecule has 1 atom stereocenters. The van der Waals surface area contributed by atoms with E-state index in [1.165, 1.54) is 6.66 Å². The van der Waals surface area contributed by atoms with Gasteiger partial charge < -0.3 is 18.9 Å². The maximum absolute atomic E-state index is 10.9. The summed E-state index contributed by atoms with van der Waals surface area (Å²) in [6.07, 6.45) is 0.175. The van der Waals surface area contributed by atoms with Gasteiger partial charge in [0, 0.05) is 27.0 Å². The molecule has 0 spiro atoms. The average Bonchev–Trinajstić information content (AvgIpc) is 2.00. The van der Waals surface area contributed by atoms with Crippen LogP contribution >= 0.6 is 7.37 Å². The Hall–Kier alpha value is 0.110. The highest BCUT2D eigenvalue weighted by Gasteiger charge is 2.10. The molecule has 0 bridgehead atoms. The first-order chi connectivity index (χ1) is 5.99. The molecular weight excluding hydrogens is 191 g/mol. The van der Waals surface area contributed by atoms with E-state index >= 15 is 0 Å². The zero-order valence-electron chi connectivity index (χ0n) is 8.49. The maximum atomic E-state index is 10.9. The average molecular weight is 209 g/mol. The van der Waals surface area contributed by atoms with Gasteiger partial charge in [-0.15, -0.1) is 0 Å². The highest BCUT2D eigenvalue weighted by molar-refractivity contribution is 7.55. The van der Waals surface area contributed by atoms with Gasteiger partial charge in [-0.3, -0.25) is 0 Å². The Balaban J connectivity index is 3.74. The standard InChI is InChI=1S/C8H19O4P/c1-4-11-8(12-5-2)6-7-13(3,9)10/h8H,4-7H2,1-3H3,(H,9,10)/p-1. The monoisotopic (exact) mass is 209 g/mol. The summed E-state index contributed by atoms with van der Waals surface area (Å²) in [4.78, 5) is 10.9. The van der Waals surface area contributed by atoms with Crippen molar-refractivity contribution in [2.24, 2.45) is 0 Å². The molecule has 0 aromatic carbocycles. The van der Waals surface area contributed by atoms with Crippen molar-refractivity contribution in [2.75, 3.05) is 26.0 Å². The van der Waals surface area contributed by atoms with Crippen molar-refractivity contribution in [3.05, 3.63) is 0 Å². The molecule has 0 amide bonds. The Morgan fingerprint density at radius 2 is 1.77 bits per heavy atom. The zero-order valence-corrected chi connectivity index (χ0v) is 9.38. The van der Waals surface area contributed by atoms with Crippen LogP contribution in [0.15, 0.2) is 0 Å². The van der Waals surface area contributed by atoms with Crippen molar-refractivity contribution < 1.29 is 18.9 Å². The predicted octanol–water partition coefficient (Wildman–Crippen LogP) is 1.04. The van der Waals surface area contributed by atoms with Crippen LogP contribution in [0.4, 0.5) is 0 Å². The van der Waals surface area contributed by atoms with Crippen molar-refractivity contribution in [3.8, 4) is 0 Å². The third kappa shape index (κ3) is 8.44. The lowest BCUT2D eigenvalue weighted by Crippen LogP contribution is -2.20. The van der Waals surface area contributed by atoms with Crippen LogP contribution in [0.1, 0.15) is 20.3 Å². The lowest BCUT2D eigenvalue weighted by atomic mass is 10.5. The fourth-order valence-electron chi connectivity index (χ4n) is 0.926. The summed E-state index contributed by atoms with van der Waals surface area (Å²) in [6.45, 7) is 6.03. The van der Waals surface area contributed by atoms with E-state index in [-0.39, 0.29) is 12.5 Å². The van der Waals surface area contributed by atoms with E-state index < -0.39 is 7.37 Å². The van der Waals surface area contributed by atoms with Crippen LogP contribution in [0, 0.1) is 0 Å². The smallest absolute Gasteiger partial charge is 0.157 e. The molecule has 0 aromatic heterocycles. The molecule has 0 heterocycles. The van der Waals surface area contributed by atoms with Gasteiger partial charge in [0.1, 0.15) is 0 Å². The second-order valence-electron chi connectivity index (χ2n) is 2.87. The molecule has 0 aromatic rings. The summed E-state index contributed by atoms with van der Waals surface area (Å²) in [5, 5.41) is 0. The van der Waals surface area contributed by atoms with Crippen LogP contribution in [0.2, 0.25) is 0 Å². The van der Waals surface area contributed by atoms with Gasteiger partial charge in [0.15, 0.2) is 6.29 Å². The van der Waals surface area contributed by atoms with E-state index in [9.17, 15) is 9.46 Å². The first-order valence-corrected chi connectivity index (χ1v) is 6.76. The largest absolute Gasteiger partial charge is 0.799 e. The quantitative estimate of drug-likeness (QED) is 0.464. The third-order valence-corrected chi connectivity index (χ3v) is 2.55. The van der Waals surface area contributed by atoms with Gasteiger partial charge in [-0.25, -0.2) is 0 Å². The molecule has 0 aliphatic rings. The van der Waals surface area contributed by atoms with Crippen LogP contribution in [0.5, 0.6) is 0 Å². The van der Waals surface area contributed by atoms with Gasteiger partial charge in [0.05, 0.1) is 0 Å². The van der Waals surface area contributed by atoms with Crippen molar-refractivity contribution in [1.82, 2.24) is 0 Å². The molecule has 80 valence electrons. The number of hydrogen-bond acceptors (Lipinski definition) is 4. The molecule has 0 N–H and O–H groups in total. The second-order valence-corrected chi connectivity index (χ2v) is 5.34. The van der Waals surface area contributed by atoms with E-state index in [2.05, 4.69) is 0 Å². The normalized spacial score (nSPS) is 16.1. The van der Waals surface area contributed by atoms with Gasteiger partial charge in [0.2, 0.25) is 0 Å². The molecule has 5 heteroatoms. The first-order valence-electron chi connectivity index (χ1n) is 4.50. The molecule has 0 rings (SSSR count). The molecule has 13 heavy (non-hydrogen) atoms. The van der Waals surface area contributed by atoms with Crippen LogP contribution in [0.3, 0.4) is 0 Å². The Kier molecular flexibility index (Phi) is 6.60. The molecule has 1 unspecified atom stereocenters. The maximum Gasteiger partial charge on any atom is 0.157 e. The SMILES string of the molecule is CCOC(CCP(C)(=O)[O-])OCC. The summed E-state index contributed by atoms with van der Waals surface area (Å²) in [6, 6.07) is 0. The van der Waals surface area contributed by atoms with E-state index in [1.807, 2.05) is 13.8 Å². The molecule has 0 saturated carbocycles. The van der Waals surface area contributed by atoms with Crippen molar-refractivity contribution in [1.29, 1.82) is 0 Å². The molecule has 0 aliphatic carbocycles. The minimum absolute atomic E-state index is 0.137. The highest BCUT2D eigenvalue weighted by atomic mass is 31.2. The summed E-state index contributed by atoms with van der Waals surface area (Å²) >= 11 is 0. The van der Waals surface area contributed by atoms with Gasteiger partial charge >= 0.3 is 0 Å². The molecular formula is C8H18O4P-. The van der Waals surface area contributed by atoms with E-state index in [0.29, 0.717) is 19.6 Å². The Morgan fingerprint density at radius 3 is 2.08 bits per heavy atom. The van der Waals surface area contributed by atoms with Crippen LogP contribution in [-0.2, 0) is 14.0 Å². The predicted molar refractivity (Wildman–Crippen MR) is 50.1 cm³/mol. The first kappa shape index (κ1) is 13.1. The Bertz CT molecular complexity index is 160. The lowest BCUT2D eigenvalue weighted by Gasteiger charge is -2.22. The summed E-state index contributed by atoms with van der Waals surface area (Å²) in [7, 11) is -3.18. The zero-order chi connectivity index (χ0) is 10.3. The fraction of sp³-hybridized carbons (Fsp3) is 1.00. The molecule has 0 radical (unpaired) electrons. The number of hydrogen-bond donors (Lipinski definition) is 0. The number of rotatable bonds is 7. The highest BCUT2D eigenvalue weighted by Crippen LogP contribution is 2.31. The van der Waals surface area contributed by atoms with Gasteiger partial charge in [-0.2, -0.15) is 0 Å². The van der Waals surface area contributed by atoms with Crippen molar-refractivity contribution in [2.45, 2.75) is 26.6 Å². The molecule has 4 nitrogen and oxygen atoms in total. The fourth-order valence-corrected chi connectivity index (χ4v) is 1.61. The van der Waals surface area contributed by atoms with Gasteiger partial charge in [0.25, 0.3) is 0 Å². The van der Waals surface area contributed by atoms with Gasteiger partial charge in [-0.05, 0) is 26.7 Å². The summed E-state index contributed by atoms with van der Waals surface area (Å²) in [5.74, 6) is 0. The summed E-state index contributed by atoms with van der Waals surface area (Å²) < 4.78 is 21.3. The van der Waals surface area contributed by atoms with Crippen LogP contribution in [0.25, 0.3) is 0 Å². The van der Waals surface area contributed by atoms with E-state index in [4.69, 9.17) is 9.47 Å².